The summed E-state index contributed by atoms with van der Waals surface area (Å²) in [6.45, 7) is 0.959. The van der Waals surface area contributed by atoms with Gasteiger partial charge < -0.3 is 109 Å². The van der Waals surface area contributed by atoms with Crippen molar-refractivity contribution in [1.82, 2.24) is 0 Å². The van der Waals surface area contributed by atoms with E-state index >= 15 is 0 Å². The van der Waals surface area contributed by atoms with E-state index in [-0.39, 0.29) is 22.3 Å². The normalized spacial score (nSPS) is 32.4. The van der Waals surface area contributed by atoms with Crippen LogP contribution in [0.5, 0.6) is 40.2 Å². The van der Waals surface area contributed by atoms with Crippen molar-refractivity contribution in [2.24, 2.45) is 0 Å². The highest BCUT2D eigenvalue weighted by Gasteiger charge is 2.54. The van der Waals surface area contributed by atoms with Crippen molar-refractivity contribution >= 4 is 23.0 Å². The van der Waals surface area contributed by atoms with Gasteiger partial charge in [0.25, 0.3) is 0 Å². The lowest BCUT2D eigenvalue weighted by Crippen LogP contribution is -2.67. The second-order valence-corrected chi connectivity index (χ2v) is 16.0. The number of ether oxygens (including phenoxy) is 7. The van der Waals surface area contributed by atoms with Crippen LogP contribution in [0, 0.1) is 6.92 Å². The van der Waals surface area contributed by atoms with Gasteiger partial charge in [-0.15, -0.1) is 0 Å². The Kier molecular flexibility index (Phi) is 14.5. The lowest BCUT2D eigenvalue weighted by Gasteiger charge is -2.48. The van der Waals surface area contributed by atoms with Crippen molar-refractivity contribution in [2.45, 2.75) is 106 Å². The number of aliphatic hydroxyl groups excluding tert-OH is 8. The van der Waals surface area contributed by atoms with Crippen LogP contribution in [0.2, 0.25) is 0 Å². The number of phenols is 6. The first-order chi connectivity index (χ1) is 31.7. The minimum Gasteiger partial charge on any atom is -0.508 e. The number of fused-ring (bicyclic) bond motifs is 1. The lowest BCUT2D eigenvalue weighted by atomic mass is 9.96. The zero-order chi connectivity index (χ0) is 48.8. The van der Waals surface area contributed by atoms with Crippen molar-refractivity contribution in [2.75, 3.05) is 13.2 Å². The number of aromatic hydroxyl groups is 6. The molecule has 1 aromatic heterocycles. The van der Waals surface area contributed by atoms with Crippen molar-refractivity contribution in [3.05, 3.63) is 69.9 Å². The molecule has 3 aliphatic rings. The van der Waals surface area contributed by atoms with E-state index < -0.39 is 168 Å². The van der Waals surface area contributed by atoms with E-state index in [4.69, 9.17) is 37.6 Å². The van der Waals surface area contributed by atoms with Crippen LogP contribution < -0.4 is 10.2 Å². The van der Waals surface area contributed by atoms with Gasteiger partial charge in [0.05, 0.1) is 12.7 Å². The maximum absolute atomic E-state index is 14.3. The highest BCUT2D eigenvalue weighted by Crippen LogP contribution is 2.42. The molecule has 24 nitrogen and oxygen atoms in total. The molecule has 0 bridgehead atoms. The van der Waals surface area contributed by atoms with Crippen LogP contribution >= 0.6 is 0 Å². The quantitative estimate of drug-likeness (QED) is 0.0420. The second kappa shape index (κ2) is 19.8. The summed E-state index contributed by atoms with van der Waals surface area (Å²) < 4.78 is 46.5. The van der Waals surface area contributed by atoms with Gasteiger partial charge in [0.1, 0.15) is 90.1 Å². The summed E-state index contributed by atoms with van der Waals surface area (Å²) in [5.41, 5.74) is -1.26. The minimum atomic E-state index is -2.17. The summed E-state index contributed by atoms with van der Waals surface area (Å²) in [4.78, 5) is 27.1. The molecule has 3 fully saturated rings. The molecule has 0 spiro atoms. The Balaban J connectivity index is 1.25. The molecule has 4 aromatic rings. The maximum atomic E-state index is 14.3. The van der Waals surface area contributed by atoms with Crippen LogP contribution in [0.4, 0.5) is 0 Å². The summed E-state index contributed by atoms with van der Waals surface area (Å²) in [7, 11) is 0. The molecule has 6 unspecified atom stereocenters. The van der Waals surface area contributed by atoms with Gasteiger partial charge in [0, 0.05) is 23.8 Å². The highest BCUT2D eigenvalue weighted by atomic mass is 16.8. The van der Waals surface area contributed by atoms with Gasteiger partial charge in [-0.2, -0.15) is 0 Å². The molecule has 7 rings (SSSR count). The fraction of sp³-hybridized carbons (Fsp3) is 0.442. The van der Waals surface area contributed by atoms with E-state index in [0.717, 1.165) is 36.4 Å². The molecule has 0 aliphatic carbocycles. The third kappa shape index (κ3) is 9.93. The number of hydrogen-bond donors (Lipinski definition) is 14. The van der Waals surface area contributed by atoms with Gasteiger partial charge in [-0.1, -0.05) is 6.07 Å². The Morgan fingerprint density at radius 1 is 0.687 bits per heavy atom. The van der Waals surface area contributed by atoms with Crippen molar-refractivity contribution in [1.29, 1.82) is 0 Å². The van der Waals surface area contributed by atoms with Crippen LogP contribution in [-0.2, 0) is 33.2 Å². The van der Waals surface area contributed by atoms with E-state index in [1.54, 1.807) is 0 Å². The largest absolute Gasteiger partial charge is 0.508 e. The van der Waals surface area contributed by atoms with Crippen LogP contribution in [0.15, 0.2) is 57.8 Å². The Bertz CT molecular complexity index is 2500. The molecule has 67 heavy (non-hydrogen) atoms. The predicted octanol–water partition coefficient (Wildman–Crippen LogP) is -1.88. The number of benzene rings is 3. The molecule has 4 heterocycles. The number of carbonyl (C=O) groups is 1. The third-order valence-corrected chi connectivity index (χ3v) is 11.4. The fourth-order valence-corrected chi connectivity index (χ4v) is 7.62. The molecule has 3 saturated heterocycles. The van der Waals surface area contributed by atoms with Gasteiger partial charge >= 0.3 is 5.97 Å². The van der Waals surface area contributed by atoms with E-state index in [2.05, 4.69) is 0 Å². The number of phenolic OH excluding ortho intramolecular Hbond substituents is 6. The van der Waals surface area contributed by atoms with E-state index in [1.165, 1.54) is 32.1 Å². The maximum Gasteiger partial charge on any atom is 0.330 e. The Labute approximate surface area is 377 Å². The van der Waals surface area contributed by atoms with Gasteiger partial charge in [-0.05, 0) is 55.3 Å². The number of rotatable bonds is 12. The van der Waals surface area contributed by atoms with E-state index in [9.17, 15) is 81.1 Å². The SMILES string of the molecule is Cc1cc(-c2oc3cc(O)cc(O)c3c(=O)c2O[C@@H]2OC(C)[C@H](O)[C@H](O)C2O[C@@H]2OC(COC(=O)/C=C/c3ccc(O)c(O)c3)[C@@H](O)[C@@H](O)C2O[C@@H]2OC(CO)[C@@H](O)[C@@H](O)C2O)cc(O)c1O. The highest BCUT2D eigenvalue weighted by molar-refractivity contribution is 5.89. The molecule has 3 aromatic carbocycles. The standard InChI is InChI=1S/C43H48O24/c1-14-7-17(9-22(49)28(14)51)37-38(32(55)27-21(48)10-18(45)11-23(27)62-37)65-42-39(34(57)29(52)15(2)61-42)67-43-40(66-41-36(59)33(56)30(53)24(12-44)63-41)35(58)31(54)25(64-43)13-60-26(50)6-4-16-3-5-19(46)20(47)8-16/h3-11,15,24-25,29-31,33-36,39-49,51-54,56-59H,12-13H2,1-2H3/b6-4+/t15?,24?,25?,29-,30+,31+,33+,34-,35+,36?,39?,40?,41-,42-,43-/m0/s1. The molecule has 24 heteroatoms. The number of hydrogen-bond acceptors (Lipinski definition) is 24. The van der Waals surface area contributed by atoms with Crippen LogP contribution in [-0.4, -0.2) is 183 Å². The van der Waals surface area contributed by atoms with Gasteiger partial charge in [-0.3, -0.25) is 4.79 Å². The zero-order valence-corrected chi connectivity index (χ0v) is 35.1. The zero-order valence-electron chi connectivity index (χ0n) is 35.1. The first kappa shape index (κ1) is 49.1. The molecule has 15 atom stereocenters. The summed E-state index contributed by atoms with van der Waals surface area (Å²) in [6, 6.07) is 7.74. The molecule has 14 N–H and O–H groups in total. The predicted molar refractivity (Wildman–Crippen MR) is 220 cm³/mol. The summed E-state index contributed by atoms with van der Waals surface area (Å²) in [6.07, 6.45) is -26.7. The summed E-state index contributed by atoms with van der Waals surface area (Å²) >= 11 is 0. The topological polar surface area (TPSA) is 395 Å². The number of carbonyl (C=O) groups excluding carboxylic acids is 1. The number of esters is 1. The Morgan fingerprint density at radius 2 is 1.34 bits per heavy atom. The molecule has 0 amide bonds. The molecular weight excluding hydrogens is 900 g/mol. The van der Waals surface area contributed by atoms with Crippen LogP contribution in [0.25, 0.3) is 28.4 Å². The average Bonchev–Trinajstić information content (AvgIpc) is 3.28. The lowest BCUT2D eigenvalue weighted by molar-refractivity contribution is -0.388. The first-order valence-corrected chi connectivity index (χ1v) is 20.4. The first-order valence-electron chi connectivity index (χ1n) is 20.4. The smallest absolute Gasteiger partial charge is 0.330 e. The van der Waals surface area contributed by atoms with Crippen LogP contribution in [0.3, 0.4) is 0 Å². The molecule has 0 radical (unpaired) electrons. The Morgan fingerprint density at radius 3 is 2.03 bits per heavy atom. The fourth-order valence-electron chi connectivity index (χ4n) is 7.62. The summed E-state index contributed by atoms with van der Waals surface area (Å²) in [5, 5.41) is 147. The van der Waals surface area contributed by atoms with E-state index in [1.807, 2.05) is 0 Å². The molecule has 364 valence electrons. The molecular formula is C43H48O24. The second-order valence-electron chi connectivity index (χ2n) is 16.0. The molecule has 3 aliphatic heterocycles. The van der Waals surface area contributed by atoms with Crippen molar-refractivity contribution in [3.8, 4) is 51.6 Å². The third-order valence-electron chi connectivity index (χ3n) is 11.4. The molecule has 0 saturated carbocycles. The number of aryl methyl sites for hydroxylation is 1. The minimum absolute atomic E-state index is 0.0827. The summed E-state index contributed by atoms with van der Waals surface area (Å²) in [5.74, 6) is -5.71. The van der Waals surface area contributed by atoms with Gasteiger partial charge in [-0.25, -0.2) is 4.79 Å². The average molecular weight is 949 g/mol. The van der Waals surface area contributed by atoms with Crippen molar-refractivity contribution < 1.29 is 114 Å². The van der Waals surface area contributed by atoms with Gasteiger partial charge in [0.15, 0.2) is 47.4 Å². The van der Waals surface area contributed by atoms with Crippen LogP contribution in [0.1, 0.15) is 18.1 Å². The van der Waals surface area contributed by atoms with E-state index in [0.29, 0.717) is 0 Å². The van der Waals surface area contributed by atoms with Crippen molar-refractivity contribution in [3.63, 3.8) is 0 Å². The Hall–Kier alpha value is -5.84. The monoisotopic (exact) mass is 948 g/mol. The number of aliphatic hydroxyl groups is 8. The van der Waals surface area contributed by atoms with Gasteiger partial charge in [0.2, 0.25) is 17.5 Å².